The Bertz CT molecular complexity index is 3580. The van der Waals surface area contributed by atoms with Gasteiger partial charge in [0.2, 0.25) is 0 Å². The van der Waals surface area contributed by atoms with Crippen LogP contribution in [0.5, 0.6) is 0 Å². The van der Waals surface area contributed by atoms with Crippen molar-refractivity contribution in [2.75, 3.05) is 26.3 Å². The molecule has 17 nitrogen and oxygen atoms in total. The van der Waals surface area contributed by atoms with E-state index in [1.165, 1.54) is 34.2 Å². The van der Waals surface area contributed by atoms with Crippen molar-refractivity contribution in [2.24, 2.45) is 51.6 Å². The van der Waals surface area contributed by atoms with Crippen LogP contribution in [0.3, 0.4) is 0 Å². The van der Waals surface area contributed by atoms with Gasteiger partial charge in [-0.2, -0.15) is 0 Å². The molecule has 554 valence electrons. The highest BCUT2D eigenvalue weighted by molar-refractivity contribution is 5.38. The molecule has 104 heavy (non-hydrogen) atoms. The number of benzene rings is 10. The fourth-order valence-electron chi connectivity index (χ4n) is 12.2. The lowest BCUT2D eigenvalue weighted by atomic mass is 9.86. The van der Waals surface area contributed by atoms with Crippen molar-refractivity contribution in [1.29, 1.82) is 0 Å². The van der Waals surface area contributed by atoms with Crippen molar-refractivity contribution in [3.8, 4) is 0 Å². The summed E-state index contributed by atoms with van der Waals surface area (Å²) in [5.74, 6) is 0.337. The van der Waals surface area contributed by atoms with Gasteiger partial charge < -0.3 is 92.7 Å². The third-order valence-corrected chi connectivity index (χ3v) is 18.7. The number of aliphatic hydroxyl groups is 7. The topological polar surface area (TPSA) is 388 Å². The molecular formula is C87H114N10O7. The summed E-state index contributed by atoms with van der Waals surface area (Å²) in [6.45, 7) is 5.64. The van der Waals surface area contributed by atoms with E-state index >= 15 is 0 Å². The van der Waals surface area contributed by atoms with Crippen molar-refractivity contribution in [3.05, 3.63) is 357 Å². The zero-order valence-corrected chi connectivity index (χ0v) is 60.2. The van der Waals surface area contributed by atoms with E-state index < -0.39 is 18.3 Å². The number of nitrogens with two attached hydrogens (primary N) is 9. The molecule has 0 aromatic heterocycles. The Labute approximate surface area is 616 Å². The molecule has 0 radical (unpaired) electrons. The molecule has 4 aliphatic rings. The van der Waals surface area contributed by atoms with E-state index in [1.54, 1.807) is 6.92 Å². The van der Waals surface area contributed by atoms with Gasteiger partial charge in [-0.1, -0.05) is 292 Å². The molecule has 26 N–H and O–H groups in total. The molecule has 10 aromatic carbocycles. The highest BCUT2D eigenvalue weighted by atomic mass is 16.3. The summed E-state index contributed by atoms with van der Waals surface area (Å²) in [5, 5.41) is 67.4. The summed E-state index contributed by atoms with van der Waals surface area (Å²) in [6, 6.07) is 92.0. The molecule has 14 rings (SSSR count). The van der Waals surface area contributed by atoms with Crippen molar-refractivity contribution in [1.82, 2.24) is 5.32 Å². The van der Waals surface area contributed by atoms with Crippen LogP contribution in [0.1, 0.15) is 166 Å². The monoisotopic (exact) mass is 1410 g/mol. The molecule has 3 aliphatic carbocycles. The summed E-state index contributed by atoms with van der Waals surface area (Å²) in [5.41, 5.74) is 66.4. The van der Waals surface area contributed by atoms with Crippen molar-refractivity contribution in [3.63, 3.8) is 0 Å². The predicted octanol–water partition coefficient (Wildman–Crippen LogP) is 10.2. The first-order chi connectivity index (χ1) is 50.3. The number of fused-ring (bicyclic) bond motifs is 3. The molecule has 10 aromatic rings. The smallest absolute Gasteiger partial charge is 0.0946 e. The quantitative estimate of drug-likeness (QED) is 0.0510. The second-order valence-electron chi connectivity index (χ2n) is 26.4. The van der Waals surface area contributed by atoms with E-state index in [0.717, 1.165) is 76.7 Å². The summed E-state index contributed by atoms with van der Waals surface area (Å²) in [4.78, 5) is 0. The third kappa shape index (κ3) is 27.5. The summed E-state index contributed by atoms with van der Waals surface area (Å²) >= 11 is 0. The Balaban J connectivity index is 0.000000185. The molecule has 15 unspecified atom stereocenters. The highest BCUT2D eigenvalue weighted by Crippen LogP contribution is 2.32. The lowest BCUT2D eigenvalue weighted by Gasteiger charge is -2.26. The van der Waals surface area contributed by atoms with Gasteiger partial charge in [-0.15, -0.1) is 0 Å². The van der Waals surface area contributed by atoms with Gasteiger partial charge >= 0.3 is 0 Å². The number of rotatable bonds is 13. The molecule has 15 atom stereocenters. The predicted molar refractivity (Wildman–Crippen MR) is 423 cm³/mol. The number of aliphatic hydroxyl groups excluding tert-OH is 7. The molecule has 17 heteroatoms. The number of nitrogens with one attached hydrogen (secondary N) is 1. The molecule has 1 saturated heterocycles. The first-order valence-electron chi connectivity index (χ1n) is 36.0. The van der Waals surface area contributed by atoms with Crippen LogP contribution >= 0.6 is 0 Å². The Hall–Kier alpha value is -8.48. The zero-order valence-electron chi connectivity index (χ0n) is 60.2. The van der Waals surface area contributed by atoms with E-state index in [2.05, 4.69) is 54.7 Å². The van der Waals surface area contributed by atoms with E-state index in [1.807, 2.05) is 243 Å². The Morgan fingerprint density at radius 2 is 0.769 bits per heavy atom. The fraction of sp³-hybridized carbons (Fsp3) is 0.310. The van der Waals surface area contributed by atoms with Crippen LogP contribution in [-0.4, -0.2) is 92.4 Å². The largest absolute Gasteiger partial charge is 0.395 e. The second-order valence-corrected chi connectivity index (χ2v) is 26.4. The minimum Gasteiger partial charge on any atom is -0.395 e. The number of aryl methyl sites for hydroxylation is 1. The Morgan fingerprint density at radius 1 is 0.404 bits per heavy atom. The normalized spacial score (nSPS) is 20.0. The van der Waals surface area contributed by atoms with E-state index in [9.17, 15) is 25.5 Å². The van der Waals surface area contributed by atoms with Crippen LogP contribution in [0.15, 0.2) is 285 Å². The molecule has 1 heterocycles. The maximum absolute atomic E-state index is 9.52. The van der Waals surface area contributed by atoms with Crippen LogP contribution < -0.4 is 56.9 Å². The van der Waals surface area contributed by atoms with Crippen molar-refractivity contribution >= 4 is 0 Å². The van der Waals surface area contributed by atoms with Crippen LogP contribution in [0.2, 0.25) is 0 Å². The van der Waals surface area contributed by atoms with Gasteiger partial charge in [-0.3, -0.25) is 0 Å². The van der Waals surface area contributed by atoms with E-state index in [-0.39, 0.29) is 73.7 Å². The van der Waals surface area contributed by atoms with Gasteiger partial charge in [0.1, 0.15) is 0 Å². The van der Waals surface area contributed by atoms with Gasteiger partial charge in [0.05, 0.1) is 61.9 Å². The van der Waals surface area contributed by atoms with Crippen LogP contribution in [0.25, 0.3) is 0 Å². The molecule has 0 saturated carbocycles. The maximum atomic E-state index is 9.52. The molecule has 0 bridgehead atoms. The van der Waals surface area contributed by atoms with E-state index in [4.69, 9.17) is 61.8 Å². The lowest BCUT2D eigenvalue weighted by molar-refractivity contribution is 0.128. The molecular weight excluding hydrogens is 1300 g/mol. The first-order valence-corrected chi connectivity index (χ1v) is 36.0. The van der Waals surface area contributed by atoms with Crippen molar-refractivity contribution in [2.45, 2.75) is 143 Å². The Morgan fingerprint density at radius 3 is 1.16 bits per heavy atom. The molecule has 1 aliphatic heterocycles. The first kappa shape index (κ1) is 84.5. The fourth-order valence-corrected chi connectivity index (χ4v) is 12.2. The summed E-state index contributed by atoms with van der Waals surface area (Å²) < 4.78 is 0. The van der Waals surface area contributed by atoms with Crippen LogP contribution in [0, 0.1) is 0 Å². The van der Waals surface area contributed by atoms with Gasteiger partial charge in [-0.25, -0.2) is 0 Å². The number of hydrogen-bond donors (Lipinski definition) is 17. The second kappa shape index (κ2) is 46.4. The molecule has 1 fully saturated rings. The average Bonchev–Trinajstić information content (AvgIpc) is 1.80. The maximum Gasteiger partial charge on any atom is 0.0946 e. The molecule has 0 amide bonds. The van der Waals surface area contributed by atoms with Gasteiger partial charge in [0.25, 0.3) is 0 Å². The summed E-state index contributed by atoms with van der Waals surface area (Å²) in [6.07, 6.45) is 3.37. The highest BCUT2D eigenvalue weighted by Gasteiger charge is 2.29. The van der Waals surface area contributed by atoms with Crippen LogP contribution in [0.4, 0.5) is 0 Å². The number of hydrogen-bond acceptors (Lipinski definition) is 17. The zero-order chi connectivity index (χ0) is 75.2. The molecule has 0 spiro atoms. The summed E-state index contributed by atoms with van der Waals surface area (Å²) in [7, 11) is 0. The third-order valence-electron chi connectivity index (χ3n) is 18.7. The van der Waals surface area contributed by atoms with Gasteiger partial charge in [0.15, 0.2) is 0 Å². The lowest BCUT2D eigenvalue weighted by Crippen LogP contribution is -2.31. The van der Waals surface area contributed by atoms with Crippen LogP contribution in [-0.2, 0) is 19.3 Å². The SMILES string of the molecule is CC(N)C(O)c1ccccc1.CC(c1ccccc1)C(N)c1ccccc1.NC(CO)c1ccccc1.NC(c1ccccc1)C(N)c1ccccc1.NC1Cc2ccccc2C1O.NC1c2ccccc2CC1O.NC1c2ccccc2CCC1O.NCC(O)c1ccccc1.OCC1CCCN1. The average molecular weight is 1410 g/mol. The van der Waals surface area contributed by atoms with Crippen molar-refractivity contribution < 1.29 is 35.7 Å². The minimum absolute atomic E-state index is 0.00398. The standard InChI is InChI=1S/C15H17N.C14H16N2.C10H13NO.2C9H11NO.C9H13NO.2C8H11NO.C5H11NO/c1-12(13-8-4-2-5-9-13)15(16)14-10-6-3-7-11-14;15-13(11-7-3-1-4-8-11)14(16)12-9-5-2-6-10-12;11-10-8-4-2-1-3-7(8)5-6-9(10)12;10-9-7-4-2-1-3-6(7)5-8(9)11;10-8-5-6-3-1-2-4-7(6)9(8)11;1-7(10)9(11)8-5-3-2-4-6-8;9-8(6-10)7-4-2-1-3-5-7;9-6-8(10)7-4-2-1-3-5-7;7-4-5-2-1-3-6-5/h2-12,15H,16H2,1H3;1-10,13-14H,15-16H2;1-4,9-10,12H,5-6,11H2;2*1-4,8-9,11H,5,10H2;2-7,9,11H,10H2,1H3;2*1-5,8,10H,6,9H2;5-7H,1-4H2. The van der Waals surface area contributed by atoms with Gasteiger partial charge in [0, 0.05) is 55.1 Å². The Kier molecular flexibility index (Phi) is 37.7. The van der Waals surface area contributed by atoms with E-state index in [0.29, 0.717) is 25.0 Å². The van der Waals surface area contributed by atoms with Gasteiger partial charge in [-0.05, 0) is 118 Å². The minimum atomic E-state index is -0.545.